The third kappa shape index (κ3) is 7.44. The molecule has 0 bridgehead atoms. The molecule has 4 aromatic carbocycles. The predicted octanol–water partition coefficient (Wildman–Crippen LogP) is 8.59. The van der Waals surface area contributed by atoms with Gasteiger partial charge in [0.05, 0.1) is 11.8 Å². The fourth-order valence-corrected chi connectivity index (χ4v) is 7.87. The summed E-state index contributed by atoms with van der Waals surface area (Å²) in [5.41, 5.74) is 7.58. The Labute approximate surface area is 264 Å². The maximum absolute atomic E-state index is 10.0. The normalized spacial score (nSPS) is 11.3. The first-order valence-electron chi connectivity index (χ1n) is 13.6. The topological polar surface area (TPSA) is 74.0 Å². The number of pyridine rings is 1. The van der Waals surface area contributed by atoms with Gasteiger partial charge in [-0.2, -0.15) is 5.26 Å². The minimum Gasteiger partial charge on any atom is 0 e. The Morgan fingerprint density at radius 3 is 2.19 bits per heavy atom. The number of hydrogen-bond donors (Lipinski definition) is 1. The molecule has 5 aromatic rings. The summed E-state index contributed by atoms with van der Waals surface area (Å²) in [6.07, 6.45) is 3.02. The number of ketones is 1. The van der Waals surface area contributed by atoms with Crippen LogP contribution in [-0.4, -0.2) is 29.1 Å². The Hall–Kier alpha value is -3.56. The predicted molar refractivity (Wildman–Crippen MR) is 173 cm³/mol. The molecule has 0 aliphatic heterocycles. The van der Waals surface area contributed by atoms with Crippen molar-refractivity contribution in [2.45, 2.75) is 45.0 Å². The van der Waals surface area contributed by atoms with E-state index in [-0.39, 0.29) is 31.6 Å². The molecule has 0 aliphatic rings. The van der Waals surface area contributed by atoms with Crippen LogP contribution in [0, 0.1) is 31.2 Å². The van der Waals surface area contributed by atoms with E-state index in [0.29, 0.717) is 5.56 Å². The number of nitrogens with zero attached hydrogens (tertiary/aromatic N) is 2. The molecule has 0 spiro atoms. The molecule has 0 amide bonds. The van der Waals surface area contributed by atoms with Crippen LogP contribution in [0.4, 0.5) is 0 Å². The van der Waals surface area contributed by atoms with E-state index in [1.54, 1.807) is 4.40 Å². The molecule has 215 valence electrons. The second kappa shape index (κ2) is 13.6. The van der Waals surface area contributed by atoms with Gasteiger partial charge in [-0.1, -0.05) is 23.6 Å². The number of benzene rings is 4. The van der Waals surface area contributed by atoms with Crippen LogP contribution in [0.5, 0.6) is 0 Å². The average Bonchev–Trinajstić information content (AvgIpc) is 2.90. The van der Waals surface area contributed by atoms with Crippen molar-refractivity contribution in [1.29, 1.82) is 5.26 Å². The summed E-state index contributed by atoms with van der Waals surface area (Å²) in [7, 11) is 0. The van der Waals surface area contributed by atoms with Crippen molar-refractivity contribution in [2.24, 2.45) is 0 Å². The van der Waals surface area contributed by atoms with E-state index in [4.69, 9.17) is 10.1 Å². The molecule has 0 saturated carbocycles. The molecule has 1 N–H and O–H groups in total. The van der Waals surface area contributed by atoms with E-state index in [1.165, 1.54) is 42.2 Å². The Morgan fingerprint density at radius 1 is 0.952 bits per heavy atom. The van der Waals surface area contributed by atoms with Gasteiger partial charge < -0.3 is 5.11 Å². The number of carbonyl (C=O) groups is 1. The summed E-state index contributed by atoms with van der Waals surface area (Å²) in [5.74, 6) is 7.27. The zero-order valence-electron chi connectivity index (χ0n) is 25.1. The fourth-order valence-electron chi connectivity index (χ4n) is 5.14. The number of aromatic nitrogens is 1. The number of carbonyl (C=O) groups excluding carboxylic acids is 1. The van der Waals surface area contributed by atoms with Gasteiger partial charge >= 0.3 is 164 Å². The summed E-state index contributed by atoms with van der Waals surface area (Å²) in [4.78, 5) is 14.7. The van der Waals surface area contributed by atoms with E-state index >= 15 is 0 Å². The maximum atomic E-state index is 10.0. The van der Waals surface area contributed by atoms with E-state index in [2.05, 4.69) is 79.6 Å². The van der Waals surface area contributed by atoms with Crippen LogP contribution in [0.3, 0.4) is 0 Å². The van der Waals surface area contributed by atoms with Gasteiger partial charge in [0.1, 0.15) is 0 Å². The minimum atomic E-state index is -1.89. The number of fused-ring (bicyclic) bond motifs is 2. The van der Waals surface area contributed by atoms with Gasteiger partial charge in [0.2, 0.25) is 0 Å². The van der Waals surface area contributed by atoms with Crippen LogP contribution in [0.25, 0.3) is 43.9 Å². The molecule has 0 aliphatic carbocycles. The van der Waals surface area contributed by atoms with Gasteiger partial charge in [-0.3, -0.25) is 4.79 Å². The van der Waals surface area contributed by atoms with Gasteiger partial charge in [0, 0.05) is 26.2 Å². The monoisotopic (exact) mass is 794 g/mol. The zero-order valence-corrected chi connectivity index (χ0v) is 29.6. The molecule has 0 saturated heterocycles. The van der Waals surface area contributed by atoms with Crippen LogP contribution in [-0.2, 0) is 24.9 Å². The smallest absolute Gasteiger partial charge is 0 e. The van der Waals surface area contributed by atoms with E-state index in [0.717, 1.165) is 32.8 Å². The average molecular weight is 793 g/mol. The largest absolute Gasteiger partial charge is 0 e. The van der Waals surface area contributed by atoms with Crippen molar-refractivity contribution in [3.8, 4) is 28.5 Å². The van der Waals surface area contributed by atoms with Gasteiger partial charge in [0.15, 0.2) is 5.78 Å². The standard InChI is InChI=1S/C31H27GeN2.C5H8O2.Ir/c1-20-14-27(32(3,4)5)15-21(2)30(20)24-10-11-29-23(16-24)12-13-34-31(29)25-17-22-8-6-7-9-28(22)26(18-25)19-33;1-4(6)3-5(2)7;/h6-16,18H,1-5H3;3,6H,1-2H3;/q-1;;/b;4-3-;. The molecule has 6 heteroatoms. The number of aliphatic hydroxyl groups excluding tert-OH is 1. The molecular formula is C36H35GeIrN2O2-. The van der Waals surface area contributed by atoms with Crippen LogP contribution >= 0.6 is 0 Å². The summed E-state index contributed by atoms with van der Waals surface area (Å²) >= 11 is -1.89. The first-order chi connectivity index (χ1) is 19.4. The fraction of sp³-hybridized carbons (Fsp3) is 0.194. The maximum Gasteiger partial charge on any atom is 0 e. The molecule has 5 rings (SSSR count). The molecule has 4 nitrogen and oxygen atoms in total. The Balaban J connectivity index is 0.000000541. The molecule has 0 atom stereocenters. The Bertz CT molecular complexity index is 1840. The Morgan fingerprint density at radius 2 is 1.62 bits per heavy atom. The number of allylic oxidation sites excluding steroid dienone is 2. The number of hydrogen-bond acceptors (Lipinski definition) is 4. The van der Waals surface area contributed by atoms with Crippen molar-refractivity contribution in [3.05, 3.63) is 108 Å². The van der Waals surface area contributed by atoms with Crippen molar-refractivity contribution in [2.75, 3.05) is 0 Å². The third-order valence-electron chi connectivity index (χ3n) is 7.01. The third-order valence-corrected chi connectivity index (χ3v) is 11.3. The van der Waals surface area contributed by atoms with Crippen molar-refractivity contribution in [1.82, 2.24) is 4.98 Å². The van der Waals surface area contributed by atoms with Gasteiger partial charge in [-0.25, -0.2) is 0 Å². The number of aliphatic hydroxyl groups is 1. The van der Waals surface area contributed by atoms with Crippen LogP contribution < -0.4 is 4.40 Å². The van der Waals surface area contributed by atoms with E-state index < -0.39 is 13.3 Å². The molecule has 42 heavy (non-hydrogen) atoms. The van der Waals surface area contributed by atoms with Crippen LogP contribution in [0.2, 0.25) is 17.3 Å². The zero-order chi connectivity index (χ0) is 29.9. The number of nitriles is 1. The molecule has 1 aromatic heterocycles. The number of aryl methyl sites for hydroxylation is 2. The molecule has 1 radical (unpaired) electrons. The molecule has 0 fully saturated rings. The van der Waals surface area contributed by atoms with Crippen molar-refractivity contribution < 1.29 is 30.0 Å². The van der Waals surface area contributed by atoms with Crippen molar-refractivity contribution in [3.63, 3.8) is 0 Å². The van der Waals surface area contributed by atoms with E-state index in [9.17, 15) is 10.1 Å². The summed E-state index contributed by atoms with van der Waals surface area (Å²) in [5, 5.41) is 22.1. The quantitative estimate of drug-likeness (QED) is 0.0857. The minimum absolute atomic E-state index is 0. The SMILES string of the molecule is CC(=O)/C=C(/C)O.Cc1c[c]([Ge]([CH3])([CH3])[CH3])cc(C)c1-c1ccc2c(-c3[c-]c4ccccc4c(C#N)c3)nccc2c1.[Ir]. The van der Waals surface area contributed by atoms with Gasteiger partial charge in [-0.15, -0.1) is 6.07 Å². The Kier molecular flexibility index (Phi) is 10.7. The van der Waals surface area contributed by atoms with Crippen LogP contribution in [0.1, 0.15) is 30.5 Å². The van der Waals surface area contributed by atoms with Crippen molar-refractivity contribution >= 4 is 45.0 Å². The summed E-state index contributed by atoms with van der Waals surface area (Å²) in [6, 6.07) is 29.1. The second-order valence-corrected chi connectivity index (χ2v) is 22.1. The summed E-state index contributed by atoms with van der Waals surface area (Å²) < 4.78 is 1.55. The molecular weight excluding hydrogens is 757 g/mol. The second-order valence-electron chi connectivity index (χ2n) is 11.5. The molecule has 0 unspecified atom stereocenters. The first kappa shape index (κ1) is 33.0. The molecule has 1 heterocycles. The summed E-state index contributed by atoms with van der Waals surface area (Å²) in [6.45, 7) is 7.31. The van der Waals surface area contributed by atoms with Gasteiger partial charge in [-0.05, 0) is 13.8 Å². The first-order valence-corrected chi connectivity index (χ1v) is 21.0. The van der Waals surface area contributed by atoms with Crippen LogP contribution in [0.15, 0.2) is 84.8 Å². The van der Waals surface area contributed by atoms with Gasteiger partial charge in [0.25, 0.3) is 0 Å². The number of rotatable bonds is 4. The van der Waals surface area contributed by atoms with E-state index in [1.807, 2.05) is 36.5 Å².